The molecule has 0 unspecified atom stereocenters. The molecule has 1 aliphatic heterocycles. The van der Waals surface area contributed by atoms with Gasteiger partial charge in [0.1, 0.15) is 0 Å². The van der Waals surface area contributed by atoms with E-state index in [1.807, 2.05) is 0 Å². The van der Waals surface area contributed by atoms with Crippen LogP contribution in [-0.2, 0) is 4.79 Å². The molecule has 1 fully saturated rings. The van der Waals surface area contributed by atoms with Crippen molar-refractivity contribution in [3.05, 3.63) is 10.1 Å². The Balaban J connectivity index is 2.26. The summed E-state index contributed by atoms with van der Waals surface area (Å²) in [5, 5.41) is 9.91. The lowest BCUT2D eigenvalue weighted by molar-refractivity contribution is -0.536. The van der Waals surface area contributed by atoms with Gasteiger partial charge in [-0.1, -0.05) is 0 Å². The van der Waals surface area contributed by atoms with Crippen LogP contribution in [0.3, 0.4) is 0 Å². The van der Waals surface area contributed by atoms with Gasteiger partial charge in [-0.25, -0.2) is 0 Å². The largest absolute Gasteiger partial charge is 0.331 e. The van der Waals surface area contributed by atoms with Gasteiger partial charge in [-0.15, -0.1) is 0 Å². The van der Waals surface area contributed by atoms with E-state index < -0.39 is 6.04 Å². The van der Waals surface area contributed by atoms with Crippen molar-refractivity contribution in [1.29, 1.82) is 0 Å². The van der Waals surface area contributed by atoms with Crippen LogP contribution in [0.4, 0.5) is 0 Å². The summed E-state index contributed by atoms with van der Waals surface area (Å²) in [7, 11) is 0. The molecule has 9 heavy (non-hydrogen) atoms. The maximum absolute atomic E-state index is 9.91. The second kappa shape index (κ2) is 2.00. The van der Waals surface area contributed by atoms with E-state index in [1.165, 1.54) is 4.90 Å². The number of carbonyl (C=O) groups excluding carboxylic acids is 1. The summed E-state index contributed by atoms with van der Waals surface area (Å²) in [5.41, 5.74) is 0. The summed E-state index contributed by atoms with van der Waals surface area (Å²) in [6.45, 7) is 0.549. The summed E-state index contributed by atoms with van der Waals surface area (Å²) in [4.78, 5) is 20.8. The van der Waals surface area contributed by atoms with E-state index in [1.54, 1.807) is 0 Å². The number of nitro groups is 1. The highest BCUT2D eigenvalue weighted by Crippen LogP contribution is 2.06. The lowest BCUT2D eigenvalue weighted by atomic mass is 10.1. The molecule has 0 N–H and O–H groups in total. The maximum Gasteiger partial charge on any atom is 0.247 e. The molecule has 5 heteroatoms. The number of amides is 1. The zero-order chi connectivity index (χ0) is 6.85. The Morgan fingerprint density at radius 1 is 1.67 bits per heavy atom. The molecule has 1 saturated heterocycles. The molecule has 1 aliphatic rings. The van der Waals surface area contributed by atoms with Crippen molar-refractivity contribution in [1.82, 2.24) is 4.90 Å². The van der Waals surface area contributed by atoms with Gasteiger partial charge in [-0.3, -0.25) is 14.9 Å². The van der Waals surface area contributed by atoms with E-state index in [-0.39, 0.29) is 18.0 Å². The molecule has 1 rings (SSSR count). The normalized spacial score (nSPS) is 18.9. The lowest BCUT2D eigenvalue weighted by Gasteiger charge is -2.29. The van der Waals surface area contributed by atoms with Crippen molar-refractivity contribution in [3.63, 3.8) is 0 Å². The molecule has 0 aromatic carbocycles. The fourth-order valence-corrected chi connectivity index (χ4v) is 0.707. The van der Waals surface area contributed by atoms with E-state index >= 15 is 0 Å². The van der Waals surface area contributed by atoms with Crippen molar-refractivity contribution in [2.45, 2.75) is 6.04 Å². The molecule has 0 radical (unpaired) electrons. The Kier molecular flexibility index (Phi) is 1.33. The van der Waals surface area contributed by atoms with Crippen molar-refractivity contribution in [3.8, 4) is 0 Å². The van der Waals surface area contributed by atoms with Crippen LogP contribution in [0.1, 0.15) is 0 Å². The molecule has 0 atom stereocenters. The van der Waals surface area contributed by atoms with Gasteiger partial charge in [-0.05, 0) is 0 Å². The Hall–Kier alpha value is -1.13. The van der Waals surface area contributed by atoms with Crippen LogP contribution < -0.4 is 0 Å². The highest BCUT2D eigenvalue weighted by molar-refractivity contribution is 5.48. The minimum Gasteiger partial charge on any atom is -0.331 e. The minimum atomic E-state index is -0.518. The van der Waals surface area contributed by atoms with Gasteiger partial charge in [-0.2, -0.15) is 0 Å². The molecule has 0 bridgehead atoms. The molecular weight excluding hydrogens is 124 g/mol. The third kappa shape index (κ3) is 0.984. The number of carbonyl (C=O) groups is 1. The Labute approximate surface area is 51.4 Å². The number of hydrogen-bond donors (Lipinski definition) is 0. The molecule has 0 aliphatic carbocycles. The zero-order valence-corrected chi connectivity index (χ0v) is 4.69. The van der Waals surface area contributed by atoms with Gasteiger partial charge >= 0.3 is 0 Å². The summed E-state index contributed by atoms with van der Waals surface area (Å²) in [5.74, 6) is 0. The second-order valence-corrected chi connectivity index (χ2v) is 2.00. The van der Waals surface area contributed by atoms with Crippen molar-refractivity contribution in [2.75, 3.05) is 13.1 Å². The number of hydrogen-bond acceptors (Lipinski definition) is 3. The topological polar surface area (TPSA) is 63.5 Å². The highest BCUT2D eigenvalue weighted by Gasteiger charge is 2.34. The second-order valence-electron chi connectivity index (χ2n) is 2.00. The van der Waals surface area contributed by atoms with Gasteiger partial charge in [0, 0.05) is 4.92 Å². The molecule has 0 saturated carbocycles. The summed E-state index contributed by atoms with van der Waals surface area (Å²) < 4.78 is 0. The molecule has 0 aromatic rings. The van der Waals surface area contributed by atoms with Crippen LogP contribution in [0, 0.1) is 10.1 Å². The van der Waals surface area contributed by atoms with Crippen LogP contribution in [0.25, 0.3) is 0 Å². The Morgan fingerprint density at radius 3 is 2.56 bits per heavy atom. The van der Waals surface area contributed by atoms with E-state index in [2.05, 4.69) is 0 Å². The maximum atomic E-state index is 9.91. The first-order valence-electron chi connectivity index (χ1n) is 2.57. The molecule has 5 nitrogen and oxygen atoms in total. The quantitative estimate of drug-likeness (QED) is 0.276. The molecule has 1 amide bonds. The molecule has 1 heterocycles. The predicted octanol–water partition coefficient (Wildman–Crippen LogP) is -0.896. The molecule has 50 valence electrons. The van der Waals surface area contributed by atoms with Crippen LogP contribution in [0.15, 0.2) is 0 Å². The van der Waals surface area contributed by atoms with Gasteiger partial charge in [0.05, 0.1) is 13.1 Å². The molecular formula is C4H6N2O3. The van der Waals surface area contributed by atoms with Gasteiger partial charge in [0.2, 0.25) is 12.5 Å². The van der Waals surface area contributed by atoms with E-state index in [9.17, 15) is 14.9 Å². The summed E-state index contributed by atoms with van der Waals surface area (Å²) in [6, 6.07) is -0.518. The monoisotopic (exact) mass is 130 g/mol. The Bertz CT molecular complexity index is 141. The summed E-state index contributed by atoms with van der Waals surface area (Å²) >= 11 is 0. The van der Waals surface area contributed by atoms with Gasteiger partial charge < -0.3 is 4.90 Å². The van der Waals surface area contributed by atoms with Crippen LogP contribution >= 0.6 is 0 Å². The fraction of sp³-hybridized carbons (Fsp3) is 0.750. The number of likely N-dealkylation sites (tertiary alicyclic amines) is 1. The lowest BCUT2D eigenvalue weighted by Crippen LogP contribution is -2.53. The van der Waals surface area contributed by atoms with Crippen molar-refractivity contribution >= 4 is 6.41 Å². The fourth-order valence-electron chi connectivity index (χ4n) is 0.707. The first-order chi connectivity index (χ1) is 4.24. The van der Waals surface area contributed by atoms with E-state index in [0.717, 1.165) is 0 Å². The van der Waals surface area contributed by atoms with Crippen molar-refractivity contribution < 1.29 is 9.72 Å². The average Bonchev–Trinajstić information content (AvgIpc) is 1.61. The smallest absolute Gasteiger partial charge is 0.247 e. The third-order valence-corrected chi connectivity index (χ3v) is 1.34. The number of rotatable bonds is 2. The standard InChI is InChI=1S/C4H6N2O3/c7-3-5-1-4(2-5)6(8)9/h3-4H,1-2H2. The molecule has 0 spiro atoms. The molecule has 0 aromatic heterocycles. The van der Waals surface area contributed by atoms with E-state index in [4.69, 9.17) is 0 Å². The minimum absolute atomic E-state index is 0.274. The van der Waals surface area contributed by atoms with Gasteiger partial charge in [0.25, 0.3) is 0 Å². The Morgan fingerprint density at radius 2 is 2.22 bits per heavy atom. The predicted molar refractivity (Wildman–Crippen MR) is 28.4 cm³/mol. The average molecular weight is 130 g/mol. The SMILES string of the molecule is O=CN1CC([N+](=O)[O-])C1. The van der Waals surface area contributed by atoms with Crippen LogP contribution in [0.2, 0.25) is 0 Å². The van der Waals surface area contributed by atoms with Crippen molar-refractivity contribution in [2.24, 2.45) is 0 Å². The van der Waals surface area contributed by atoms with E-state index in [0.29, 0.717) is 6.41 Å². The first-order valence-corrected chi connectivity index (χ1v) is 2.57. The summed E-state index contributed by atoms with van der Waals surface area (Å²) in [6.07, 6.45) is 0.625. The van der Waals surface area contributed by atoms with Crippen LogP contribution in [-0.4, -0.2) is 35.4 Å². The van der Waals surface area contributed by atoms with Crippen LogP contribution in [0.5, 0.6) is 0 Å². The highest BCUT2D eigenvalue weighted by atomic mass is 16.6. The number of nitrogens with zero attached hydrogens (tertiary/aromatic N) is 2. The zero-order valence-electron chi connectivity index (χ0n) is 4.69. The third-order valence-electron chi connectivity index (χ3n) is 1.34. The van der Waals surface area contributed by atoms with Gasteiger partial charge in [0.15, 0.2) is 0 Å². The first kappa shape index (κ1) is 6.00.